The van der Waals surface area contributed by atoms with Gasteiger partial charge in [0, 0.05) is 6.54 Å². The highest BCUT2D eigenvalue weighted by Gasteiger charge is 2.10. The maximum absolute atomic E-state index is 11.3. The van der Waals surface area contributed by atoms with Gasteiger partial charge >= 0.3 is 17.8 Å². The Morgan fingerprint density at radius 3 is 2.68 bits per heavy atom. The second-order valence-electron chi connectivity index (χ2n) is 3.93. The van der Waals surface area contributed by atoms with Crippen molar-refractivity contribution in [1.29, 1.82) is 0 Å². The van der Waals surface area contributed by atoms with E-state index < -0.39 is 24.4 Å². The third kappa shape index (κ3) is 5.92. The van der Waals surface area contributed by atoms with Gasteiger partial charge in [-0.05, 0) is 46.6 Å². The standard InChI is InChI=1S/C13H14BrN3O5/c1-2-15-12(20)13(21)17-16-6-8-3-4-10(9(14)5-8)22-7-11(18)19/h3-6H,2,7H2,1H3,(H,15,20)(H,17,21)(H,18,19)/b16-6-. The lowest BCUT2D eigenvalue weighted by Gasteiger charge is -2.06. The molecule has 1 aromatic rings. The molecule has 1 aromatic carbocycles. The molecule has 0 heterocycles. The van der Waals surface area contributed by atoms with E-state index in [1.807, 2.05) is 0 Å². The number of benzene rings is 1. The van der Waals surface area contributed by atoms with Gasteiger partial charge in [-0.1, -0.05) is 0 Å². The number of rotatable bonds is 6. The summed E-state index contributed by atoms with van der Waals surface area (Å²) in [7, 11) is 0. The first-order chi connectivity index (χ1) is 10.4. The van der Waals surface area contributed by atoms with E-state index in [-0.39, 0.29) is 0 Å². The van der Waals surface area contributed by atoms with Crippen LogP contribution in [0.25, 0.3) is 0 Å². The van der Waals surface area contributed by atoms with Gasteiger partial charge in [0.1, 0.15) is 5.75 Å². The number of ether oxygens (including phenoxy) is 1. The Labute approximate surface area is 134 Å². The second-order valence-corrected chi connectivity index (χ2v) is 4.79. The first-order valence-corrected chi connectivity index (χ1v) is 6.98. The lowest BCUT2D eigenvalue weighted by molar-refractivity contribution is -0.139. The van der Waals surface area contributed by atoms with E-state index in [1.165, 1.54) is 6.21 Å². The van der Waals surface area contributed by atoms with Crippen molar-refractivity contribution < 1.29 is 24.2 Å². The summed E-state index contributed by atoms with van der Waals surface area (Å²) in [6.07, 6.45) is 1.34. The molecular weight excluding hydrogens is 358 g/mol. The highest BCUT2D eigenvalue weighted by molar-refractivity contribution is 9.10. The highest BCUT2D eigenvalue weighted by atomic mass is 79.9. The summed E-state index contributed by atoms with van der Waals surface area (Å²) >= 11 is 3.23. The van der Waals surface area contributed by atoms with Crippen LogP contribution in [0.2, 0.25) is 0 Å². The number of carboxylic acid groups (broad SMARTS) is 1. The second kappa shape index (κ2) is 8.78. The molecule has 0 aliphatic rings. The van der Waals surface area contributed by atoms with Crippen LogP contribution in [0.4, 0.5) is 0 Å². The first kappa shape index (κ1) is 17.6. The molecule has 22 heavy (non-hydrogen) atoms. The molecule has 0 spiro atoms. The largest absolute Gasteiger partial charge is 0.481 e. The molecule has 0 radical (unpaired) electrons. The number of nitrogens with one attached hydrogen (secondary N) is 2. The molecule has 0 aromatic heterocycles. The van der Waals surface area contributed by atoms with Crippen molar-refractivity contribution in [2.24, 2.45) is 5.10 Å². The van der Waals surface area contributed by atoms with Gasteiger partial charge in [-0.2, -0.15) is 5.10 Å². The Hall–Kier alpha value is -2.42. The molecular formula is C13H14BrN3O5. The van der Waals surface area contributed by atoms with Crippen LogP contribution in [-0.4, -0.2) is 42.3 Å². The Morgan fingerprint density at radius 1 is 1.36 bits per heavy atom. The van der Waals surface area contributed by atoms with Gasteiger partial charge in [0.25, 0.3) is 0 Å². The molecule has 0 aliphatic carbocycles. The van der Waals surface area contributed by atoms with E-state index in [1.54, 1.807) is 25.1 Å². The summed E-state index contributed by atoms with van der Waals surface area (Å²) < 4.78 is 5.58. The van der Waals surface area contributed by atoms with E-state index >= 15 is 0 Å². The summed E-state index contributed by atoms with van der Waals surface area (Å²) in [6, 6.07) is 4.79. The molecule has 0 saturated heterocycles. The number of hydrogen-bond acceptors (Lipinski definition) is 5. The smallest absolute Gasteiger partial charge is 0.341 e. The molecule has 3 N–H and O–H groups in total. The highest BCUT2D eigenvalue weighted by Crippen LogP contribution is 2.25. The number of aliphatic carboxylic acids is 1. The van der Waals surface area contributed by atoms with Gasteiger partial charge in [-0.25, -0.2) is 10.2 Å². The summed E-state index contributed by atoms with van der Waals surface area (Å²) in [5.74, 6) is -2.34. The molecule has 0 unspecified atom stereocenters. The number of carbonyl (C=O) groups excluding carboxylic acids is 2. The van der Waals surface area contributed by atoms with Gasteiger partial charge in [0.15, 0.2) is 6.61 Å². The Balaban J connectivity index is 2.61. The Morgan fingerprint density at radius 2 is 2.09 bits per heavy atom. The minimum absolute atomic E-state index is 0.348. The van der Waals surface area contributed by atoms with Gasteiger partial charge in [0.05, 0.1) is 10.7 Å². The van der Waals surface area contributed by atoms with Crippen LogP contribution in [0, 0.1) is 0 Å². The summed E-state index contributed by atoms with van der Waals surface area (Å²) in [6.45, 7) is 1.59. The van der Waals surface area contributed by atoms with Crippen molar-refractivity contribution in [2.75, 3.05) is 13.2 Å². The number of carboxylic acids is 1. The zero-order valence-electron chi connectivity index (χ0n) is 11.6. The lowest BCUT2D eigenvalue weighted by Crippen LogP contribution is -2.37. The maximum atomic E-state index is 11.3. The van der Waals surface area contributed by atoms with E-state index in [0.717, 1.165) is 0 Å². The van der Waals surface area contributed by atoms with E-state index in [9.17, 15) is 14.4 Å². The first-order valence-electron chi connectivity index (χ1n) is 6.19. The summed E-state index contributed by atoms with van der Waals surface area (Å²) in [5, 5.41) is 14.5. The monoisotopic (exact) mass is 371 g/mol. The van der Waals surface area contributed by atoms with Crippen LogP contribution < -0.4 is 15.5 Å². The molecule has 1 rings (SSSR count). The number of likely N-dealkylation sites (N-methyl/N-ethyl adjacent to an activating group) is 1. The number of halogens is 1. The molecule has 2 amide bonds. The van der Waals surface area contributed by atoms with Gasteiger partial charge in [-0.15, -0.1) is 0 Å². The van der Waals surface area contributed by atoms with Crippen molar-refractivity contribution in [2.45, 2.75) is 6.92 Å². The minimum Gasteiger partial charge on any atom is -0.481 e. The normalized spacial score (nSPS) is 10.3. The molecule has 9 heteroatoms. The van der Waals surface area contributed by atoms with Gasteiger partial charge < -0.3 is 15.2 Å². The molecule has 0 aliphatic heterocycles. The Bertz CT molecular complexity index is 603. The van der Waals surface area contributed by atoms with Gasteiger partial charge in [-0.3, -0.25) is 9.59 Å². The summed E-state index contributed by atoms with van der Waals surface area (Å²) in [4.78, 5) is 32.8. The van der Waals surface area contributed by atoms with E-state index in [2.05, 4.69) is 31.8 Å². The van der Waals surface area contributed by atoms with Crippen LogP contribution in [-0.2, 0) is 14.4 Å². The quantitative estimate of drug-likeness (QED) is 0.382. The van der Waals surface area contributed by atoms with Crippen LogP contribution in [0.15, 0.2) is 27.8 Å². The van der Waals surface area contributed by atoms with Crippen molar-refractivity contribution in [3.05, 3.63) is 28.2 Å². The van der Waals surface area contributed by atoms with E-state index in [0.29, 0.717) is 22.3 Å². The third-order valence-electron chi connectivity index (χ3n) is 2.23. The van der Waals surface area contributed by atoms with Crippen LogP contribution in [0.5, 0.6) is 5.75 Å². The number of amides is 2. The molecule has 8 nitrogen and oxygen atoms in total. The minimum atomic E-state index is -1.08. The Kier molecular flexibility index (Phi) is 7.03. The zero-order chi connectivity index (χ0) is 16.5. The topological polar surface area (TPSA) is 117 Å². The van der Waals surface area contributed by atoms with Crippen molar-refractivity contribution in [3.8, 4) is 5.75 Å². The molecule has 0 fully saturated rings. The lowest BCUT2D eigenvalue weighted by atomic mass is 10.2. The van der Waals surface area contributed by atoms with Crippen LogP contribution >= 0.6 is 15.9 Å². The fourth-order valence-corrected chi connectivity index (χ4v) is 1.82. The average molecular weight is 372 g/mol. The fourth-order valence-electron chi connectivity index (χ4n) is 1.31. The molecule has 118 valence electrons. The van der Waals surface area contributed by atoms with Crippen LogP contribution in [0.1, 0.15) is 12.5 Å². The summed E-state index contributed by atoms with van der Waals surface area (Å²) in [5.41, 5.74) is 2.70. The SMILES string of the molecule is CCNC(=O)C(=O)N/N=C\c1ccc(OCC(=O)O)c(Br)c1. The third-order valence-corrected chi connectivity index (χ3v) is 2.85. The molecule has 0 bridgehead atoms. The number of hydrazone groups is 1. The zero-order valence-corrected chi connectivity index (χ0v) is 13.2. The maximum Gasteiger partial charge on any atom is 0.341 e. The molecule has 0 saturated carbocycles. The fraction of sp³-hybridized carbons (Fsp3) is 0.231. The van der Waals surface area contributed by atoms with Crippen molar-refractivity contribution >= 4 is 39.9 Å². The van der Waals surface area contributed by atoms with Crippen molar-refractivity contribution in [3.63, 3.8) is 0 Å². The number of carbonyl (C=O) groups is 3. The number of hydrogen-bond donors (Lipinski definition) is 3. The predicted molar refractivity (Wildman–Crippen MR) is 81.7 cm³/mol. The van der Waals surface area contributed by atoms with Gasteiger partial charge in [0.2, 0.25) is 0 Å². The van der Waals surface area contributed by atoms with E-state index in [4.69, 9.17) is 9.84 Å². The van der Waals surface area contributed by atoms with Crippen molar-refractivity contribution in [1.82, 2.24) is 10.7 Å². The average Bonchev–Trinajstić information content (AvgIpc) is 2.46. The van der Waals surface area contributed by atoms with Crippen LogP contribution in [0.3, 0.4) is 0 Å². The predicted octanol–water partition coefficient (Wildman–Crippen LogP) is 0.499. The molecule has 0 atom stereocenters. The number of nitrogens with zero attached hydrogens (tertiary/aromatic N) is 1.